The summed E-state index contributed by atoms with van der Waals surface area (Å²) >= 11 is -1.78. The number of amidine groups is 2. The van der Waals surface area contributed by atoms with Crippen molar-refractivity contribution in [1.29, 1.82) is 0 Å². The second-order valence-electron chi connectivity index (χ2n) is 7.67. The van der Waals surface area contributed by atoms with Gasteiger partial charge in [-0.05, 0) is 30.0 Å². The Balaban J connectivity index is 1.82. The Bertz CT molecular complexity index is 1180. The van der Waals surface area contributed by atoms with E-state index in [9.17, 15) is 17.7 Å². The molecule has 2 aromatic rings. The van der Waals surface area contributed by atoms with Gasteiger partial charge >= 0.3 is 11.7 Å². The quantitative estimate of drug-likeness (QED) is 0.403. The fourth-order valence-electron chi connectivity index (χ4n) is 2.99. The number of rotatable bonds is 6. The summed E-state index contributed by atoms with van der Waals surface area (Å²) < 4.78 is 51.8. The molecule has 1 aromatic carbocycles. The molecule has 1 aliphatic rings. The van der Waals surface area contributed by atoms with Gasteiger partial charge in [-0.25, -0.2) is 16.9 Å². The van der Waals surface area contributed by atoms with E-state index in [4.69, 9.17) is 4.42 Å². The van der Waals surface area contributed by atoms with Gasteiger partial charge in [0.15, 0.2) is 17.2 Å². The summed E-state index contributed by atoms with van der Waals surface area (Å²) in [5.74, 6) is 1.37. The van der Waals surface area contributed by atoms with E-state index in [1.807, 2.05) is 6.07 Å². The molecule has 0 saturated carbocycles. The number of furan rings is 1. The van der Waals surface area contributed by atoms with Crippen LogP contribution in [0.5, 0.6) is 5.75 Å². The molecule has 31 heavy (non-hydrogen) atoms. The number of phenols is 1. The number of hydrogen-bond donors (Lipinski definition) is 3. The lowest BCUT2D eigenvalue weighted by Crippen LogP contribution is -2.97. The van der Waals surface area contributed by atoms with Crippen LogP contribution in [0.4, 0.5) is 5.69 Å². The van der Waals surface area contributed by atoms with Gasteiger partial charge in [0.2, 0.25) is 10.0 Å². The average molecular weight is 470 g/mol. The number of aromatic hydroxyl groups is 1. The van der Waals surface area contributed by atoms with Crippen molar-refractivity contribution in [3.05, 3.63) is 41.3 Å². The standard InChI is InChI=1S/C19H25N5O5S2/c1-11(2)13-8-14(29-10-13)9-20-18-19(23-30(26)22-18)21-15-7-6-12(3)17(16(15)25)31(27,28)24(4)5/h6-8,10-11,25H,9H2,1-5H3,(H,20,22)(H,21,23)/p+2. The number of nitrogens with zero attached hydrogens (tertiary/aromatic N) is 3. The monoisotopic (exact) mass is 469 g/mol. The highest BCUT2D eigenvalue weighted by atomic mass is 32.2. The fourth-order valence-corrected chi connectivity index (χ4v) is 4.88. The van der Waals surface area contributed by atoms with E-state index in [0.29, 0.717) is 29.7 Å². The zero-order chi connectivity index (χ0) is 22.9. The van der Waals surface area contributed by atoms with E-state index >= 15 is 0 Å². The lowest BCUT2D eigenvalue weighted by atomic mass is 10.1. The molecule has 3 rings (SSSR count). The van der Waals surface area contributed by atoms with Crippen LogP contribution in [0.25, 0.3) is 0 Å². The molecule has 0 aliphatic carbocycles. The van der Waals surface area contributed by atoms with E-state index in [0.717, 1.165) is 15.6 Å². The van der Waals surface area contributed by atoms with Crippen molar-refractivity contribution in [2.24, 2.45) is 8.80 Å². The van der Waals surface area contributed by atoms with Gasteiger partial charge < -0.3 is 9.52 Å². The summed E-state index contributed by atoms with van der Waals surface area (Å²) in [5, 5.41) is 13.9. The minimum atomic E-state index is -3.86. The minimum absolute atomic E-state index is 0.176. The molecule has 10 nitrogen and oxygen atoms in total. The summed E-state index contributed by atoms with van der Waals surface area (Å²) in [6.07, 6.45) is 1.71. The van der Waals surface area contributed by atoms with Crippen molar-refractivity contribution in [1.82, 2.24) is 4.31 Å². The maximum atomic E-state index is 12.6. The van der Waals surface area contributed by atoms with E-state index < -0.39 is 21.2 Å². The van der Waals surface area contributed by atoms with E-state index in [-0.39, 0.29) is 16.3 Å². The van der Waals surface area contributed by atoms with Gasteiger partial charge in [-0.15, -0.1) is 8.80 Å². The van der Waals surface area contributed by atoms with Gasteiger partial charge in [0.05, 0.1) is 6.26 Å². The number of phenolic OH excluding ortho intramolecular Hbond substituents is 1. The molecule has 5 N–H and O–H groups in total. The second-order valence-corrected chi connectivity index (χ2v) is 10.6. The van der Waals surface area contributed by atoms with E-state index in [1.165, 1.54) is 19.4 Å². The van der Waals surface area contributed by atoms with Crippen LogP contribution >= 0.6 is 0 Å². The van der Waals surface area contributed by atoms with Crippen LogP contribution in [0.3, 0.4) is 0 Å². The maximum Gasteiger partial charge on any atom is 0.324 e. The maximum absolute atomic E-state index is 12.6. The third-order valence-corrected chi connectivity index (χ3v) is 7.54. The first kappa shape index (κ1) is 23.3. The van der Waals surface area contributed by atoms with Crippen LogP contribution in [0.1, 0.15) is 36.7 Å². The number of hydrogen-bond acceptors (Lipinski definition) is 5. The van der Waals surface area contributed by atoms with Crippen LogP contribution in [0.15, 0.2) is 42.6 Å². The van der Waals surface area contributed by atoms with E-state index in [1.54, 1.807) is 30.6 Å². The Kier molecular flexibility index (Phi) is 6.76. The predicted molar refractivity (Wildman–Crippen MR) is 117 cm³/mol. The highest BCUT2D eigenvalue weighted by Gasteiger charge is 2.32. The van der Waals surface area contributed by atoms with Crippen molar-refractivity contribution in [2.45, 2.75) is 38.1 Å². The molecule has 2 heterocycles. The third kappa shape index (κ3) is 4.93. The summed E-state index contributed by atoms with van der Waals surface area (Å²) in [6.45, 7) is 6.18. The first-order valence-electron chi connectivity index (χ1n) is 9.60. The molecule has 0 fully saturated rings. The number of sulfonamides is 1. The molecular formula is C19H27N5O5S2+2. The number of aryl methyl sites for hydroxylation is 1. The number of nitrogens with two attached hydrogens (primary N) is 2. The molecule has 1 unspecified atom stereocenters. The molecule has 1 aliphatic heterocycles. The first-order chi connectivity index (χ1) is 14.5. The molecule has 0 radical (unpaired) electrons. The molecular weight excluding hydrogens is 442 g/mol. The predicted octanol–water partition coefficient (Wildman–Crippen LogP) is 0.0151. The smallest absolute Gasteiger partial charge is 0.324 e. The van der Waals surface area contributed by atoms with Crippen LogP contribution in [0.2, 0.25) is 0 Å². The number of benzene rings is 1. The summed E-state index contributed by atoms with van der Waals surface area (Å²) in [6, 6.07) is 5.14. The van der Waals surface area contributed by atoms with Gasteiger partial charge in [0, 0.05) is 20.2 Å². The summed E-state index contributed by atoms with van der Waals surface area (Å²) in [7, 11) is -1.06. The van der Waals surface area contributed by atoms with Crippen molar-refractivity contribution in [2.75, 3.05) is 14.1 Å². The summed E-state index contributed by atoms with van der Waals surface area (Å²) in [5.41, 5.74) is 1.74. The van der Waals surface area contributed by atoms with Gasteiger partial charge in [-0.2, -0.15) is 0 Å². The van der Waals surface area contributed by atoms with Gasteiger partial charge in [0.25, 0.3) is 11.2 Å². The van der Waals surface area contributed by atoms with Crippen molar-refractivity contribution in [3.63, 3.8) is 0 Å². The molecule has 0 spiro atoms. The van der Waals surface area contributed by atoms with Crippen LogP contribution in [-0.2, 0) is 27.7 Å². The Morgan fingerprint density at radius 2 is 1.90 bits per heavy atom. The average Bonchev–Trinajstić information content (AvgIpc) is 3.28. The highest BCUT2D eigenvalue weighted by molar-refractivity contribution is 7.89. The van der Waals surface area contributed by atoms with Gasteiger partial charge in [0.1, 0.15) is 11.4 Å². The summed E-state index contributed by atoms with van der Waals surface area (Å²) in [4.78, 5) is -0.176. The Labute approximate surface area is 183 Å². The van der Waals surface area contributed by atoms with Gasteiger partial charge in [-0.1, -0.05) is 19.9 Å². The van der Waals surface area contributed by atoms with E-state index in [2.05, 4.69) is 22.6 Å². The Hall–Kier alpha value is -2.38. The van der Waals surface area contributed by atoms with Crippen LogP contribution in [0, 0.1) is 6.92 Å². The molecule has 0 saturated heterocycles. The molecule has 12 heteroatoms. The second kappa shape index (κ2) is 9.01. The SMILES string of the molecule is Cc1ccc([NH2+]C2=NS(=O)N=C2[NH2+]Cc2cc(C(C)C)co2)c(O)c1S(=O)(=O)N(C)C. The number of quaternary nitrogens is 2. The largest absolute Gasteiger partial charge is 0.502 e. The fraction of sp³-hybridized carbons (Fsp3) is 0.368. The first-order valence-corrected chi connectivity index (χ1v) is 12.1. The molecule has 0 bridgehead atoms. The Morgan fingerprint density at radius 3 is 2.52 bits per heavy atom. The highest BCUT2D eigenvalue weighted by Crippen LogP contribution is 2.32. The van der Waals surface area contributed by atoms with Crippen molar-refractivity contribution in [3.8, 4) is 5.75 Å². The Morgan fingerprint density at radius 1 is 1.23 bits per heavy atom. The normalized spacial score (nSPS) is 16.8. The zero-order valence-electron chi connectivity index (χ0n) is 18.0. The molecule has 1 aromatic heterocycles. The van der Waals surface area contributed by atoms with Crippen LogP contribution < -0.4 is 10.6 Å². The third-order valence-electron chi connectivity index (χ3n) is 4.84. The van der Waals surface area contributed by atoms with Crippen molar-refractivity contribution < 1.29 is 32.8 Å². The minimum Gasteiger partial charge on any atom is -0.502 e. The topological polar surface area (TPSA) is 146 Å². The van der Waals surface area contributed by atoms with Gasteiger partial charge in [-0.3, -0.25) is 10.6 Å². The van der Waals surface area contributed by atoms with Crippen LogP contribution in [-0.4, -0.2) is 47.8 Å². The molecule has 168 valence electrons. The zero-order valence-corrected chi connectivity index (χ0v) is 19.6. The molecule has 0 amide bonds. The lowest BCUT2D eigenvalue weighted by molar-refractivity contribution is -0.563. The molecule has 1 atom stereocenters. The van der Waals surface area contributed by atoms with Crippen molar-refractivity contribution >= 4 is 38.6 Å². The lowest BCUT2D eigenvalue weighted by Gasteiger charge is -2.15.